The van der Waals surface area contributed by atoms with Crippen LogP contribution in [0.25, 0.3) is 10.6 Å². The van der Waals surface area contributed by atoms with Crippen LogP contribution in [0.3, 0.4) is 0 Å². The summed E-state index contributed by atoms with van der Waals surface area (Å²) >= 11 is 13.5. The number of likely N-dealkylation sites (tertiary alicyclic amines) is 1. The molecule has 126 valence electrons. The van der Waals surface area contributed by atoms with Crippen LogP contribution in [-0.2, 0) is 4.79 Å². The van der Waals surface area contributed by atoms with Crippen molar-refractivity contribution < 1.29 is 9.59 Å². The second kappa shape index (κ2) is 7.09. The van der Waals surface area contributed by atoms with Crippen LogP contribution in [-0.4, -0.2) is 34.8 Å². The second-order valence-corrected chi connectivity index (χ2v) is 7.33. The van der Waals surface area contributed by atoms with E-state index in [1.807, 2.05) is 0 Å². The lowest BCUT2D eigenvalue weighted by atomic mass is 9.96. The molecule has 1 saturated heterocycles. The molecule has 2 heterocycles. The van der Waals surface area contributed by atoms with Crippen molar-refractivity contribution in [2.45, 2.75) is 12.8 Å². The van der Waals surface area contributed by atoms with E-state index in [0.29, 0.717) is 46.7 Å². The summed E-state index contributed by atoms with van der Waals surface area (Å²) in [7, 11) is 0. The van der Waals surface area contributed by atoms with Crippen molar-refractivity contribution in [3.05, 3.63) is 39.3 Å². The van der Waals surface area contributed by atoms with Gasteiger partial charge < -0.3 is 10.6 Å². The van der Waals surface area contributed by atoms with Gasteiger partial charge in [0, 0.05) is 35.0 Å². The molecule has 5 nitrogen and oxygen atoms in total. The van der Waals surface area contributed by atoms with E-state index in [1.54, 1.807) is 28.5 Å². The van der Waals surface area contributed by atoms with Crippen LogP contribution in [0.15, 0.2) is 23.6 Å². The van der Waals surface area contributed by atoms with Crippen molar-refractivity contribution in [2.24, 2.45) is 11.7 Å². The summed E-state index contributed by atoms with van der Waals surface area (Å²) in [5.74, 6) is -0.575. The van der Waals surface area contributed by atoms with Crippen LogP contribution in [0, 0.1) is 5.92 Å². The lowest BCUT2D eigenvalue weighted by Crippen LogP contribution is -2.41. The van der Waals surface area contributed by atoms with Gasteiger partial charge in [-0.2, -0.15) is 0 Å². The first kappa shape index (κ1) is 17.2. The third-order valence-corrected chi connectivity index (χ3v) is 5.49. The smallest absolute Gasteiger partial charge is 0.273 e. The Morgan fingerprint density at radius 1 is 1.25 bits per heavy atom. The molecule has 1 fully saturated rings. The van der Waals surface area contributed by atoms with Crippen LogP contribution >= 0.6 is 34.5 Å². The van der Waals surface area contributed by atoms with Gasteiger partial charge in [-0.05, 0) is 31.0 Å². The molecule has 0 unspecified atom stereocenters. The van der Waals surface area contributed by atoms with Gasteiger partial charge in [0.25, 0.3) is 5.91 Å². The number of thiazole rings is 1. The predicted octanol–water partition coefficient (Wildman–Crippen LogP) is 3.45. The molecular formula is C16H15Cl2N3O2S. The van der Waals surface area contributed by atoms with Crippen LogP contribution in [0.2, 0.25) is 10.0 Å². The van der Waals surface area contributed by atoms with Crippen molar-refractivity contribution in [1.29, 1.82) is 0 Å². The highest BCUT2D eigenvalue weighted by molar-refractivity contribution is 7.13. The highest BCUT2D eigenvalue weighted by Gasteiger charge is 2.27. The minimum absolute atomic E-state index is 0.134. The van der Waals surface area contributed by atoms with Gasteiger partial charge in [-0.15, -0.1) is 11.3 Å². The number of primary amides is 1. The molecule has 8 heteroatoms. The summed E-state index contributed by atoms with van der Waals surface area (Å²) in [5.41, 5.74) is 6.45. The molecule has 0 bridgehead atoms. The molecule has 0 atom stereocenters. The molecule has 1 aromatic carbocycles. The molecule has 0 radical (unpaired) electrons. The van der Waals surface area contributed by atoms with E-state index in [2.05, 4.69) is 4.98 Å². The SMILES string of the molecule is NC(=O)C1CCN(C(=O)c2csc(-c3ccc(Cl)cc3Cl)n2)CC1. The maximum atomic E-state index is 12.6. The molecule has 2 aromatic rings. The van der Waals surface area contributed by atoms with Crippen molar-refractivity contribution >= 4 is 46.4 Å². The van der Waals surface area contributed by atoms with Gasteiger partial charge in [0.05, 0.1) is 5.02 Å². The third kappa shape index (κ3) is 3.55. The highest BCUT2D eigenvalue weighted by Crippen LogP contribution is 2.32. The Bertz CT molecular complexity index is 785. The van der Waals surface area contributed by atoms with Crippen molar-refractivity contribution in [3.8, 4) is 10.6 Å². The van der Waals surface area contributed by atoms with E-state index in [-0.39, 0.29) is 17.7 Å². The Morgan fingerprint density at radius 3 is 2.58 bits per heavy atom. The van der Waals surface area contributed by atoms with E-state index in [9.17, 15) is 9.59 Å². The maximum Gasteiger partial charge on any atom is 0.273 e. The lowest BCUT2D eigenvalue weighted by Gasteiger charge is -2.30. The number of hydrogen-bond acceptors (Lipinski definition) is 4. The normalized spacial score (nSPS) is 15.5. The summed E-state index contributed by atoms with van der Waals surface area (Å²) in [6.45, 7) is 1.03. The van der Waals surface area contributed by atoms with Crippen molar-refractivity contribution in [1.82, 2.24) is 9.88 Å². The number of amides is 2. The quantitative estimate of drug-likeness (QED) is 0.881. The number of nitrogens with zero attached hydrogens (tertiary/aromatic N) is 2. The van der Waals surface area contributed by atoms with Crippen molar-refractivity contribution in [2.75, 3.05) is 13.1 Å². The summed E-state index contributed by atoms with van der Waals surface area (Å²) in [6, 6.07) is 5.17. The Morgan fingerprint density at radius 2 is 1.96 bits per heavy atom. The van der Waals surface area contributed by atoms with Gasteiger partial charge in [0.2, 0.25) is 5.91 Å². The topological polar surface area (TPSA) is 76.3 Å². The average Bonchev–Trinajstić information content (AvgIpc) is 3.04. The molecule has 2 amide bonds. The zero-order valence-electron chi connectivity index (χ0n) is 12.7. The summed E-state index contributed by atoms with van der Waals surface area (Å²) < 4.78 is 0. The minimum atomic E-state index is -0.296. The first-order valence-corrected chi connectivity index (χ1v) is 9.09. The van der Waals surface area contributed by atoms with Gasteiger partial charge in [0.1, 0.15) is 10.7 Å². The first-order chi connectivity index (χ1) is 11.5. The molecule has 0 aliphatic carbocycles. The zero-order valence-corrected chi connectivity index (χ0v) is 15.0. The van der Waals surface area contributed by atoms with Gasteiger partial charge in [-0.1, -0.05) is 23.2 Å². The number of halogens is 2. The van der Waals surface area contributed by atoms with Gasteiger partial charge in [0.15, 0.2) is 0 Å². The Balaban J connectivity index is 1.74. The fourth-order valence-electron chi connectivity index (χ4n) is 2.69. The number of rotatable bonds is 3. The number of carbonyl (C=O) groups excluding carboxylic acids is 2. The molecule has 24 heavy (non-hydrogen) atoms. The molecule has 1 aromatic heterocycles. The molecule has 1 aliphatic heterocycles. The number of hydrogen-bond donors (Lipinski definition) is 1. The van der Waals surface area contributed by atoms with E-state index >= 15 is 0 Å². The Kier molecular flexibility index (Phi) is 5.08. The monoisotopic (exact) mass is 383 g/mol. The predicted molar refractivity (Wildman–Crippen MR) is 95.4 cm³/mol. The fraction of sp³-hybridized carbons (Fsp3) is 0.312. The van der Waals surface area contributed by atoms with Gasteiger partial charge >= 0.3 is 0 Å². The first-order valence-electron chi connectivity index (χ1n) is 7.45. The number of aromatic nitrogens is 1. The van der Waals surface area contributed by atoms with Crippen LogP contribution in [0.5, 0.6) is 0 Å². The number of benzene rings is 1. The Labute approximate surface area is 153 Å². The van der Waals surface area contributed by atoms with E-state index in [1.165, 1.54) is 11.3 Å². The second-order valence-electron chi connectivity index (χ2n) is 5.63. The molecule has 0 spiro atoms. The Hall–Kier alpha value is -1.63. The van der Waals surface area contributed by atoms with Crippen molar-refractivity contribution in [3.63, 3.8) is 0 Å². The number of carbonyl (C=O) groups is 2. The number of nitrogens with two attached hydrogens (primary N) is 1. The fourth-order valence-corrected chi connectivity index (χ4v) is 4.07. The number of piperidine rings is 1. The van der Waals surface area contributed by atoms with E-state index in [4.69, 9.17) is 28.9 Å². The van der Waals surface area contributed by atoms with Crippen LogP contribution in [0.1, 0.15) is 23.3 Å². The third-order valence-electron chi connectivity index (χ3n) is 4.07. The van der Waals surface area contributed by atoms with E-state index in [0.717, 1.165) is 5.56 Å². The average molecular weight is 384 g/mol. The zero-order chi connectivity index (χ0) is 17.3. The maximum absolute atomic E-state index is 12.6. The van der Waals surface area contributed by atoms with Gasteiger partial charge in [-0.3, -0.25) is 9.59 Å². The molecule has 1 aliphatic rings. The standard InChI is InChI=1S/C16H15Cl2N3O2S/c17-10-1-2-11(12(18)7-10)15-20-13(8-24-15)16(23)21-5-3-9(4-6-21)14(19)22/h1-2,7-9H,3-6H2,(H2,19,22). The summed E-state index contributed by atoms with van der Waals surface area (Å²) in [6.07, 6.45) is 1.20. The largest absolute Gasteiger partial charge is 0.369 e. The lowest BCUT2D eigenvalue weighted by molar-refractivity contribution is -0.123. The summed E-state index contributed by atoms with van der Waals surface area (Å²) in [4.78, 5) is 29.9. The molecule has 3 rings (SSSR count). The molecular weight excluding hydrogens is 369 g/mol. The molecule has 0 saturated carbocycles. The minimum Gasteiger partial charge on any atom is -0.369 e. The van der Waals surface area contributed by atoms with E-state index < -0.39 is 0 Å². The van der Waals surface area contributed by atoms with Crippen LogP contribution in [0.4, 0.5) is 0 Å². The summed E-state index contributed by atoms with van der Waals surface area (Å²) in [5, 5.41) is 3.45. The van der Waals surface area contributed by atoms with Gasteiger partial charge in [-0.25, -0.2) is 4.98 Å². The highest BCUT2D eigenvalue weighted by atomic mass is 35.5. The molecule has 2 N–H and O–H groups in total. The van der Waals surface area contributed by atoms with Crippen LogP contribution < -0.4 is 5.73 Å².